The summed E-state index contributed by atoms with van der Waals surface area (Å²) in [5.41, 5.74) is 4.12. The molecule has 2 N–H and O–H groups in total. The summed E-state index contributed by atoms with van der Waals surface area (Å²) in [6.45, 7) is 3.57. The molecule has 0 bridgehead atoms. The molecule has 0 radical (unpaired) electrons. The standard InChI is InChI=1S/C27H27ClN4O2.C4H4O4/c28-20-4-5-21(29-17-20)18-34-25-9-11-32(27(33)16-25)23-6-7-26-19(14-23)15-24-8-10-30(12-13-31(24)26)22-2-1-3-22;5-3(6)1-2-4(7)8/h4-7,9,11,14-17,22H,1-3,8,10,12-13,18H2;1-2H,(H,5,6)(H,7,8)/b;2-1-. The maximum atomic E-state index is 12.8. The molecular weight excluding hydrogens is 560 g/mol. The van der Waals surface area contributed by atoms with Crippen LogP contribution in [0.1, 0.15) is 30.7 Å². The summed E-state index contributed by atoms with van der Waals surface area (Å²) in [5, 5.41) is 17.4. The van der Waals surface area contributed by atoms with E-state index < -0.39 is 11.9 Å². The molecule has 11 heteroatoms. The van der Waals surface area contributed by atoms with Crippen LogP contribution in [0.3, 0.4) is 0 Å². The van der Waals surface area contributed by atoms with Crippen LogP contribution >= 0.6 is 11.6 Å². The Morgan fingerprint density at radius 3 is 2.43 bits per heavy atom. The molecule has 1 aliphatic heterocycles. The summed E-state index contributed by atoms with van der Waals surface area (Å²) < 4.78 is 9.87. The van der Waals surface area contributed by atoms with Crippen molar-refractivity contribution in [2.75, 3.05) is 13.1 Å². The molecule has 10 nitrogen and oxygen atoms in total. The minimum absolute atomic E-state index is 0.127. The lowest BCUT2D eigenvalue weighted by Gasteiger charge is -2.36. The first-order valence-corrected chi connectivity index (χ1v) is 14.1. The Morgan fingerprint density at radius 1 is 1.00 bits per heavy atom. The highest BCUT2D eigenvalue weighted by molar-refractivity contribution is 6.30. The van der Waals surface area contributed by atoms with Crippen LogP contribution in [0.4, 0.5) is 0 Å². The van der Waals surface area contributed by atoms with Crippen LogP contribution < -0.4 is 10.3 Å². The Kier molecular flexibility index (Phi) is 9.04. The molecular formula is C31H31ClN4O6. The molecule has 3 aromatic heterocycles. The fraction of sp³-hybridized carbons (Fsp3) is 0.290. The molecule has 1 aromatic carbocycles. The zero-order valence-corrected chi connectivity index (χ0v) is 23.6. The highest BCUT2D eigenvalue weighted by Gasteiger charge is 2.26. The number of nitrogens with zero attached hydrogens (tertiary/aromatic N) is 4. The van der Waals surface area contributed by atoms with E-state index in [9.17, 15) is 14.4 Å². The summed E-state index contributed by atoms with van der Waals surface area (Å²) >= 11 is 5.87. The second-order valence-corrected chi connectivity index (χ2v) is 10.7. The van der Waals surface area contributed by atoms with Crippen molar-refractivity contribution in [1.29, 1.82) is 0 Å². The van der Waals surface area contributed by atoms with Crippen molar-refractivity contribution in [2.24, 2.45) is 0 Å². The fourth-order valence-electron chi connectivity index (χ4n) is 5.21. The number of hydrogen-bond donors (Lipinski definition) is 2. The summed E-state index contributed by atoms with van der Waals surface area (Å²) in [7, 11) is 0. The van der Waals surface area contributed by atoms with E-state index in [4.69, 9.17) is 26.6 Å². The van der Waals surface area contributed by atoms with Crippen LogP contribution in [-0.4, -0.2) is 60.3 Å². The predicted molar refractivity (Wildman–Crippen MR) is 158 cm³/mol. The molecule has 0 spiro atoms. The first kappa shape index (κ1) is 29.1. The van der Waals surface area contributed by atoms with Gasteiger partial charge >= 0.3 is 11.9 Å². The van der Waals surface area contributed by atoms with Crippen molar-refractivity contribution < 1.29 is 24.5 Å². The van der Waals surface area contributed by atoms with Gasteiger partial charge in [-0.15, -0.1) is 0 Å². The highest BCUT2D eigenvalue weighted by Crippen LogP contribution is 2.29. The van der Waals surface area contributed by atoms with Gasteiger partial charge in [-0.25, -0.2) is 9.59 Å². The summed E-state index contributed by atoms with van der Waals surface area (Å²) in [4.78, 5) is 38.8. The zero-order chi connectivity index (χ0) is 29.6. The quantitative estimate of drug-likeness (QED) is 0.300. The van der Waals surface area contributed by atoms with Gasteiger partial charge in [0.05, 0.1) is 10.7 Å². The minimum Gasteiger partial charge on any atom is -0.487 e. The monoisotopic (exact) mass is 590 g/mol. The third-order valence-electron chi connectivity index (χ3n) is 7.54. The van der Waals surface area contributed by atoms with Gasteiger partial charge in [-0.05, 0) is 55.3 Å². The Morgan fingerprint density at radius 2 is 1.79 bits per heavy atom. The van der Waals surface area contributed by atoms with E-state index in [0.29, 0.717) is 22.9 Å². The number of fused-ring (bicyclic) bond motifs is 3. The molecule has 2 aliphatic rings. The number of benzene rings is 1. The molecule has 0 atom stereocenters. The number of rotatable bonds is 7. The number of carbonyl (C=O) groups is 2. The molecule has 1 aliphatic carbocycles. The van der Waals surface area contributed by atoms with Gasteiger partial charge in [0.15, 0.2) is 0 Å². The number of pyridine rings is 2. The lowest BCUT2D eigenvalue weighted by Crippen LogP contribution is -2.41. The van der Waals surface area contributed by atoms with Crippen molar-refractivity contribution in [1.82, 2.24) is 19.0 Å². The van der Waals surface area contributed by atoms with Gasteiger partial charge in [-0.3, -0.25) is 19.2 Å². The normalized spacial score (nSPS) is 15.4. The maximum absolute atomic E-state index is 12.8. The van der Waals surface area contributed by atoms with Crippen molar-refractivity contribution in [3.05, 3.63) is 99.8 Å². The average Bonchev–Trinajstić information content (AvgIpc) is 3.16. The first-order chi connectivity index (χ1) is 20.3. The van der Waals surface area contributed by atoms with Gasteiger partial charge in [0.2, 0.25) is 0 Å². The van der Waals surface area contributed by atoms with E-state index in [1.54, 1.807) is 23.0 Å². The average molecular weight is 591 g/mol. The highest BCUT2D eigenvalue weighted by atomic mass is 35.5. The fourth-order valence-corrected chi connectivity index (χ4v) is 5.32. The van der Waals surface area contributed by atoms with Gasteiger partial charge in [0, 0.05) is 85.0 Å². The van der Waals surface area contributed by atoms with Crippen LogP contribution in [0.2, 0.25) is 5.02 Å². The summed E-state index contributed by atoms with van der Waals surface area (Å²) in [6, 6.07) is 16.3. The largest absolute Gasteiger partial charge is 0.487 e. The molecule has 0 unspecified atom stereocenters. The number of aliphatic carboxylic acids is 2. The Bertz CT molecular complexity index is 1660. The van der Waals surface area contributed by atoms with Crippen LogP contribution in [-0.2, 0) is 29.2 Å². The van der Waals surface area contributed by atoms with E-state index in [2.05, 4.69) is 32.7 Å². The second kappa shape index (κ2) is 13.1. The Hall–Kier alpha value is -4.41. The van der Waals surface area contributed by atoms with E-state index in [-0.39, 0.29) is 12.2 Å². The van der Waals surface area contributed by atoms with Crippen molar-refractivity contribution in [3.8, 4) is 11.4 Å². The topological polar surface area (TPSA) is 127 Å². The third-order valence-corrected chi connectivity index (χ3v) is 7.76. The van der Waals surface area contributed by atoms with Gasteiger partial charge in [0.1, 0.15) is 12.4 Å². The summed E-state index contributed by atoms with van der Waals surface area (Å²) in [5.74, 6) is -1.99. The van der Waals surface area contributed by atoms with Crippen molar-refractivity contribution in [2.45, 2.75) is 44.9 Å². The van der Waals surface area contributed by atoms with Crippen LogP contribution in [0.15, 0.2) is 77.9 Å². The lowest BCUT2D eigenvalue weighted by molar-refractivity contribution is -0.134. The van der Waals surface area contributed by atoms with E-state index in [1.165, 1.54) is 41.9 Å². The van der Waals surface area contributed by atoms with Crippen molar-refractivity contribution >= 4 is 34.4 Å². The summed E-state index contributed by atoms with van der Waals surface area (Å²) in [6.07, 6.45) is 9.64. The van der Waals surface area contributed by atoms with Gasteiger partial charge in [-0.2, -0.15) is 0 Å². The second-order valence-electron chi connectivity index (χ2n) is 10.2. The van der Waals surface area contributed by atoms with E-state index in [0.717, 1.165) is 43.5 Å². The molecule has 4 aromatic rings. The van der Waals surface area contributed by atoms with Gasteiger partial charge < -0.3 is 19.5 Å². The number of ether oxygens (including phenoxy) is 1. The van der Waals surface area contributed by atoms with Crippen LogP contribution in [0, 0.1) is 0 Å². The zero-order valence-electron chi connectivity index (χ0n) is 22.9. The maximum Gasteiger partial charge on any atom is 0.328 e. The number of carboxylic acid groups (broad SMARTS) is 2. The molecule has 6 rings (SSSR count). The van der Waals surface area contributed by atoms with Crippen LogP contribution in [0.25, 0.3) is 16.6 Å². The number of hydrogen-bond acceptors (Lipinski definition) is 6. The Labute approximate surface area is 247 Å². The molecule has 1 fully saturated rings. The van der Waals surface area contributed by atoms with Crippen LogP contribution in [0.5, 0.6) is 5.75 Å². The molecule has 0 saturated heterocycles. The predicted octanol–water partition coefficient (Wildman–Crippen LogP) is 4.54. The lowest BCUT2D eigenvalue weighted by atomic mass is 9.91. The number of halogens is 1. The molecule has 218 valence electrons. The minimum atomic E-state index is -1.26. The number of carboxylic acids is 2. The smallest absolute Gasteiger partial charge is 0.328 e. The van der Waals surface area contributed by atoms with Gasteiger partial charge in [-0.1, -0.05) is 18.0 Å². The van der Waals surface area contributed by atoms with Gasteiger partial charge in [0.25, 0.3) is 5.56 Å². The van der Waals surface area contributed by atoms with Crippen molar-refractivity contribution in [3.63, 3.8) is 0 Å². The third kappa shape index (κ3) is 7.07. The molecule has 4 heterocycles. The molecule has 0 amide bonds. The first-order valence-electron chi connectivity index (χ1n) is 13.7. The van der Waals surface area contributed by atoms with E-state index >= 15 is 0 Å². The molecule has 42 heavy (non-hydrogen) atoms. The SMILES string of the molecule is O=C(O)/C=C\C(=O)O.O=c1cc(OCc2ccc(Cl)cn2)ccn1-c1ccc2c(c1)cc1n2CCN(C2CCC2)CC1. The Balaban J connectivity index is 0.000000390. The number of aromatic nitrogens is 3. The van der Waals surface area contributed by atoms with E-state index in [1.807, 2.05) is 18.2 Å². The molecule has 1 saturated carbocycles.